The molecule has 0 atom stereocenters. The van der Waals surface area contributed by atoms with E-state index in [-0.39, 0.29) is 5.82 Å². The van der Waals surface area contributed by atoms with Gasteiger partial charge in [-0.05, 0) is 48.2 Å². The van der Waals surface area contributed by atoms with Crippen LogP contribution in [0.2, 0.25) is 5.02 Å². The van der Waals surface area contributed by atoms with E-state index in [0.29, 0.717) is 22.4 Å². The van der Waals surface area contributed by atoms with Crippen LogP contribution in [-0.4, -0.2) is 13.2 Å². The smallest absolute Gasteiger partial charge is 0.137 e. The van der Waals surface area contributed by atoms with Crippen LogP contribution in [-0.2, 0) is 6.54 Å². The standard InChI is InChI=1S/C17H17ClFNO/c1-21-17-7-3-12(9-15(17)18)14-8-11(2-6-16(14)19)10-20-13-4-5-13/h2-3,6-9,13,20H,4-5,10H2,1H3. The first-order chi connectivity index (χ1) is 10.2. The highest BCUT2D eigenvalue weighted by atomic mass is 35.5. The Balaban J connectivity index is 1.88. The van der Waals surface area contributed by atoms with Crippen molar-refractivity contribution in [1.82, 2.24) is 5.32 Å². The number of halogens is 2. The molecule has 2 aromatic rings. The van der Waals surface area contributed by atoms with Crippen molar-refractivity contribution in [3.63, 3.8) is 0 Å². The molecule has 110 valence electrons. The van der Waals surface area contributed by atoms with Gasteiger partial charge in [0.25, 0.3) is 0 Å². The molecular weight excluding hydrogens is 289 g/mol. The fourth-order valence-electron chi connectivity index (χ4n) is 2.29. The normalized spacial score (nSPS) is 14.2. The van der Waals surface area contributed by atoms with Gasteiger partial charge in [0.2, 0.25) is 0 Å². The first-order valence-corrected chi connectivity index (χ1v) is 7.41. The molecule has 0 saturated heterocycles. The zero-order valence-electron chi connectivity index (χ0n) is 11.8. The van der Waals surface area contributed by atoms with Gasteiger partial charge in [0.1, 0.15) is 11.6 Å². The number of rotatable bonds is 5. The molecule has 0 radical (unpaired) electrons. The minimum atomic E-state index is -0.244. The van der Waals surface area contributed by atoms with E-state index in [1.54, 1.807) is 19.2 Å². The maximum atomic E-state index is 14.1. The van der Waals surface area contributed by atoms with Crippen molar-refractivity contribution >= 4 is 11.6 Å². The lowest BCUT2D eigenvalue weighted by Gasteiger charge is -2.10. The lowest BCUT2D eigenvalue weighted by atomic mass is 10.0. The molecule has 1 N–H and O–H groups in total. The molecular formula is C17H17ClFNO. The van der Waals surface area contributed by atoms with Crippen molar-refractivity contribution in [3.8, 4) is 16.9 Å². The van der Waals surface area contributed by atoms with E-state index in [2.05, 4.69) is 5.32 Å². The molecule has 0 aliphatic heterocycles. The first kappa shape index (κ1) is 14.4. The second-order valence-corrected chi connectivity index (χ2v) is 5.73. The number of benzene rings is 2. The number of hydrogen-bond acceptors (Lipinski definition) is 2. The summed E-state index contributed by atoms with van der Waals surface area (Å²) in [5, 5.41) is 3.91. The maximum absolute atomic E-state index is 14.1. The van der Waals surface area contributed by atoms with Gasteiger partial charge in [-0.3, -0.25) is 0 Å². The highest BCUT2D eigenvalue weighted by molar-refractivity contribution is 6.32. The van der Waals surface area contributed by atoms with Crippen LogP contribution in [0.1, 0.15) is 18.4 Å². The molecule has 0 aromatic heterocycles. The van der Waals surface area contributed by atoms with E-state index < -0.39 is 0 Å². The molecule has 1 saturated carbocycles. The molecule has 4 heteroatoms. The molecule has 0 heterocycles. The second-order valence-electron chi connectivity index (χ2n) is 5.32. The Morgan fingerprint density at radius 1 is 1.24 bits per heavy atom. The van der Waals surface area contributed by atoms with E-state index >= 15 is 0 Å². The summed E-state index contributed by atoms with van der Waals surface area (Å²) in [6.45, 7) is 0.766. The van der Waals surface area contributed by atoms with Gasteiger partial charge in [0, 0.05) is 18.2 Å². The van der Waals surface area contributed by atoms with E-state index in [0.717, 1.165) is 17.7 Å². The number of methoxy groups -OCH3 is 1. The molecule has 1 aliphatic rings. The quantitative estimate of drug-likeness (QED) is 0.883. The summed E-state index contributed by atoms with van der Waals surface area (Å²) in [4.78, 5) is 0. The van der Waals surface area contributed by atoms with E-state index in [1.807, 2.05) is 18.2 Å². The van der Waals surface area contributed by atoms with Crippen molar-refractivity contribution in [2.45, 2.75) is 25.4 Å². The summed E-state index contributed by atoms with van der Waals surface area (Å²) in [6, 6.07) is 11.2. The van der Waals surface area contributed by atoms with E-state index in [4.69, 9.17) is 16.3 Å². The lowest BCUT2D eigenvalue weighted by Crippen LogP contribution is -2.15. The third-order valence-corrected chi connectivity index (χ3v) is 3.96. The minimum Gasteiger partial charge on any atom is -0.495 e. The summed E-state index contributed by atoms with van der Waals surface area (Å²) in [5.74, 6) is 0.346. The average molecular weight is 306 g/mol. The van der Waals surface area contributed by atoms with Gasteiger partial charge in [0.15, 0.2) is 0 Å². The van der Waals surface area contributed by atoms with Crippen molar-refractivity contribution in [2.75, 3.05) is 7.11 Å². The Kier molecular flexibility index (Phi) is 4.13. The molecule has 0 amide bonds. The van der Waals surface area contributed by atoms with Gasteiger partial charge in [-0.1, -0.05) is 23.7 Å². The van der Waals surface area contributed by atoms with Crippen molar-refractivity contribution in [1.29, 1.82) is 0 Å². The molecule has 2 nitrogen and oxygen atoms in total. The van der Waals surface area contributed by atoms with Gasteiger partial charge in [0.05, 0.1) is 12.1 Å². The summed E-state index contributed by atoms with van der Waals surface area (Å²) in [7, 11) is 1.56. The van der Waals surface area contributed by atoms with Gasteiger partial charge in [-0.25, -0.2) is 4.39 Å². The number of nitrogens with one attached hydrogen (secondary N) is 1. The summed E-state index contributed by atoms with van der Waals surface area (Å²) in [6.07, 6.45) is 2.48. The third kappa shape index (κ3) is 3.36. The fourth-order valence-corrected chi connectivity index (χ4v) is 2.54. The molecule has 0 bridgehead atoms. The topological polar surface area (TPSA) is 21.3 Å². The van der Waals surface area contributed by atoms with Crippen molar-refractivity contribution < 1.29 is 9.13 Å². The SMILES string of the molecule is COc1ccc(-c2cc(CNC3CC3)ccc2F)cc1Cl. The fraction of sp³-hybridized carbons (Fsp3) is 0.294. The molecule has 2 aromatic carbocycles. The molecule has 1 aliphatic carbocycles. The van der Waals surface area contributed by atoms with Gasteiger partial charge in [-0.2, -0.15) is 0 Å². The Bertz CT molecular complexity index is 655. The largest absolute Gasteiger partial charge is 0.495 e. The van der Waals surface area contributed by atoms with Crippen molar-refractivity contribution in [2.24, 2.45) is 0 Å². The highest BCUT2D eigenvalue weighted by Crippen LogP contribution is 2.32. The Hall–Kier alpha value is -1.58. The predicted molar refractivity (Wildman–Crippen MR) is 83.3 cm³/mol. The van der Waals surface area contributed by atoms with Gasteiger partial charge >= 0.3 is 0 Å². The lowest BCUT2D eigenvalue weighted by molar-refractivity contribution is 0.415. The van der Waals surface area contributed by atoms with E-state index in [9.17, 15) is 4.39 Å². The average Bonchev–Trinajstić information content (AvgIpc) is 3.30. The molecule has 1 fully saturated rings. The van der Waals surface area contributed by atoms with Crippen LogP contribution in [0.25, 0.3) is 11.1 Å². The number of hydrogen-bond donors (Lipinski definition) is 1. The zero-order valence-corrected chi connectivity index (χ0v) is 12.6. The molecule has 3 rings (SSSR count). The van der Waals surface area contributed by atoms with E-state index in [1.165, 1.54) is 18.9 Å². The van der Waals surface area contributed by atoms with Gasteiger partial charge < -0.3 is 10.1 Å². The van der Waals surface area contributed by atoms with Crippen LogP contribution in [0.3, 0.4) is 0 Å². The summed E-state index contributed by atoms with van der Waals surface area (Å²) in [5.41, 5.74) is 2.39. The van der Waals surface area contributed by atoms with Gasteiger partial charge in [-0.15, -0.1) is 0 Å². The van der Waals surface area contributed by atoms with Crippen LogP contribution in [0.4, 0.5) is 4.39 Å². The minimum absolute atomic E-state index is 0.244. The molecule has 0 spiro atoms. The van der Waals surface area contributed by atoms with Crippen LogP contribution >= 0.6 is 11.6 Å². The highest BCUT2D eigenvalue weighted by Gasteiger charge is 2.20. The van der Waals surface area contributed by atoms with Crippen LogP contribution in [0.15, 0.2) is 36.4 Å². The first-order valence-electron chi connectivity index (χ1n) is 7.03. The van der Waals surface area contributed by atoms with Crippen LogP contribution in [0.5, 0.6) is 5.75 Å². The monoisotopic (exact) mass is 305 g/mol. The summed E-state index contributed by atoms with van der Waals surface area (Å²) >= 11 is 6.12. The Labute approximate surface area is 128 Å². The second kappa shape index (κ2) is 6.04. The Morgan fingerprint density at radius 2 is 2.05 bits per heavy atom. The molecule has 21 heavy (non-hydrogen) atoms. The Morgan fingerprint density at radius 3 is 2.71 bits per heavy atom. The van der Waals surface area contributed by atoms with Crippen LogP contribution in [0, 0.1) is 5.82 Å². The zero-order chi connectivity index (χ0) is 14.8. The van der Waals surface area contributed by atoms with Crippen LogP contribution < -0.4 is 10.1 Å². The number of ether oxygens (including phenoxy) is 1. The summed E-state index contributed by atoms with van der Waals surface area (Å²) < 4.78 is 19.2. The van der Waals surface area contributed by atoms with Crippen molar-refractivity contribution in [3.05, 3.63) is 52.8 Å². The molecule has 0 unspecified atom stereocenters. The predicted octanol–water partition coefficient (Wildman–Crippen LogP) is 4.41. The third-order valence-electron chi connectivity index (χ3n) is 3.67. The maximum Gasteiger partial charge on any atom is 0.137 e.